The summed E-state index contributed by atoms with van der Waals surface area (Å²) in [5.41, 5.74) is 0.949. The molecule has 0 amide bonds. The lowest BCUT2D eigenvalue weighted by molar-refractivity contribution is 0.162. The molecule has 20 heavy (non-hydrogen) atoms. The second-order valence-corrected chi connectivity index (χ2v) is 5.87. The molecular formula is C16H24ClFN2. The third-order valence-corrected chi connectivity index (χ3v) is 4.33. The topological polar surface area (TPSA) is 15.3 Å². The molecule has 0 bridgehead atoms. The Kier molecular flexibility index (Phi) is 6.27. The van der Waals surface area contributed by atoms with Crippen LogP contribution in [-0.4, -0.2) is 31.1 Å². The van der Waals surface area contributed by atoms with E-state index in [4.69, 9.17) is 11.6 Å². The molecule has 0 aromatic heterocycles. The number of nitrogens with zero attached hydrogens (tertiary/aromatic N) is 1. The van der Waals surface area contributed by atoms with E-state index in [1.54, 1.807) is 12.1 Å². The predicted octanol–water partition coefficient (Wildman–Crippen LogP) is 4.01. The number of piperazine rings is 1. The van der Waals surface area contributed by atoms with Gasteiger partial charge < -0.3 is 5.32 Å². The van der Waals surface area contributed by atoms with E-state index in [0.29, 0.717) is 5.02 Å². The van der Waals surface area contributed by atoms with Gasteiger partial charge in [-0.25, -0.2) is 4.39 Å². The van der Waals surface area contributed by atoms with Gasteiger partial charge in [0.2, 0.25) is 0 Å². The van der Waals surface area contributed by atoms with E-state index in [1.807, 2.05) is 0 Å². The van der Waals surface area contributed by atoms with Gasteiger partial charge in [-0.3, -0.25) is 4.90 Å². The summed E-state index contributed by atoms with van der Waals surface area (Å²) in [6.45, 7) is 6.21. The number of nitrogens with one attached hydrogen (secondary N) is 1. The van der Waals surface area contributed by atoms with Gasteiger partial charge in [-0.15, -0.1) is 0 Å². The zero-order valence-corrected chi connectivity index (χ0v) is 12.9. The SMILES string of the molecule is CCCCC[C@H](c1cc(F)ccc1Cl)N1CCNCC1. The summed E-state index contributed by atoms with van der Waals surface area (Å²) in [6, 6.07) is 4.97. The third kappa shape index (κ3) is 4.18. The molecule has 1 aromatic carbocycles. The molecule has 0 unspecified atom stereocenters. The largest absolute Gasteiger partial charge is 0.314 e. The quantitative estimate of drug-likeness (QED) is 0.799. The minimum absolute atomic E-state index is 0.194. The molecule has 1 aliphatic heterocycles. The fourth-order valence-corrected chi connectivity index (χ4v) is 3.13. The highest BCUT2D eigenvalue weighted by Gasteiger charge is 2.23. The van der Waals surface area contributed by atoms with Crippen molar-refractivity contribution in [2.45, 2.75) is 38.6 Å². The molecule has 1 N–H and O–H groups in total. The standard InChI is InChI=1S/C16H24ClFN2/c1-2-3-4-5-16(20-10-8-19-9-11-20)14-12-13(18)6-7-15(14)17/h6-7,12,16,19H,2-5,8-11H2,1H3/t16-/m1/s1. The predicted molar refractivity (Wildman–Crippen MR) is 82.7 cm³/mol. The maximum Gasteiger partial charge on any atom is 0.123 e. The average molecular weight is 299 g/mol. The van der Waals surface area contributed by atoms with Gasteiger partial charge in [0.1, 0.15) is 5.82 Å². The molecule has 1 saturated heterocycles. The summed E-state index contributed by atoms with van der Waals surface area (Å²) in [5.74, 6) is -0.194. The summed E-state index contributed by atoms with van der Waals surface area (Å²) >= 11 is 6.31. The highest BCUT2D eigenvalue weighted by Crippen LogP contribution is 2.32. The number of benzene rings is 1. The Hall–Kier alpha value is -0.640. The first kappa shape index (κ1) is 15.7. The number of halogens is 2. The molecule has 112 valence electrons. The van der Waals surface area contributed by atoms with Gasteiger partial charge in [0.05, 0.1) is 0 Å². The first-order valence-electron chi connectivity index (χ1n) is 7.62. The van der Waals surface area contributed by atoms with Crippen molar-refractivity contribution in [2.75, 3.05) is 26.2 Å². The lowest BCUT2D eigenvalue weighted by atomic mass is 9.98. The Morgan fingerprint density at radius 1 is 1.30 bits per heavy atom. The fraction of sp³-hybridized carbons (Fsp3) is 0.625. The van der Waals surface area contributed by atoms with Gasteiger partial charge in [0, 0.05) is 37.2 Å². The Balaban J connectivity index is 2.17. The second-order valence-electron chi connectivity index (χ2n) is 5.46. The highest BCUT2D eigenvalue weighted by molar-refractivity contribution is 6.31. The molecule has 1 aliphatic rings. The minimum atomic E-state index is -0.194. The van der Waals surface area contributed by atoms with Crippen LogP contribution in [-0.2, 0) is 0 Å². The van der Waals surface area contributed by atoms with Gasteiger partial charge >= 0.3 is 0 Å². The van der Waals surface area contributed by atoms with Crippen LogP contribution < -0.4 is 5.32 Å². The van der Waals surface area contributed by atoms with Crippen LogP contribution in [0.1, 0.15) is 44.2 Å². The molecule has 1 heterocycles. The van der Waals surface area contributed by atoms with Crippen molar-refractivity contribution in [2.24, 2.45) is 0 Å². The number of unbranched alkanes of at least 4 members (excludes halogenated alkanes) is 2. The molecule has 2 rings (SSSR count). The van der Waals surface area contributed by atoms with Crippen LogP contribution in [0.5, 0.6) is 0 Å². The second kappa shape index (κ2) is 7.96. The van der Waals surface area contributed by atoms with Crippen molar-refractivity contribution >= 4 is 11.6 Å². The van der Waals surface area contributed by atoms with Crippen LogP contribution in [0.4, 0.5) is 4.39 Å². The van der Waals surface area contributed by atoms with Gasteiger partial charge in [0.15, 0.2) is 0 Å². The van der Waals surface area contributed by atoms with E-state index >= 15 is 0 Å². The summed E-state index contributed by atoms with van der Waals surface area (Å²) in [4.78, 5) is 2.44. The first-order chi connectivity index (χ1) is 9.72. The molecule has 0 saturated carbocycles. The van der Waals surface area contributed by atoms with Gasteiger partial charge in [-0.2, -0.15) is 0 Å². The van der Waals surface area contributed by atoms with Gasteiger partial charge in [-0.1, -0.05) is 37.8 Å². The molecule has 2 nitrogen and oxygen atoms in total. The van der Waals surface area contributed by atoms with Crippen molar-refractivity contribution in [3.63, 3.8) is 0 Å². The molecule has 0 spiro atoms. The average Bonchev–Trinajstić information content (AvgIpc) is 2.48. The third-order valence-electron chi connectivity index (χ3n) is 3.99. The molecule has 1 aromatic rings. The van der Waals surface area contributed by atoms with Crippen molar-refractivity contribution in [3.8, 4) is 0 Å². The van der Waals surface area contributed by atoms with Crippen molar-refractivity contribution in [1.29, 1.82) is 0 Å². The minimum Gasteiger partial charge on any atom is -0.314 e. The Morgan fingerprint density at radius 2 is 2.05 bits per heavy atom. The highest BCUT2D eigenvalue weighted by atomic mass is 35.5. The van der Waals surface area contributed by atoms with E-state index in [0.717, 1.165) is 44.6 Å². The number of hydrogen-bond donors (Lipinski definition) is 1. The van der Waals surface area contributed by atoms with Gasteiger partial charge in [0.25, 0.3) is 0 Å². The monoisotopic (exact) mass is 298 g/mol. The molecular weight excluding hydrogens is 275 g/mol. The Morgan fingerprint density at radius 3 is 2.75 bits per heavy atom. The molecule has 1 fully saturated rings. The van der Waals surface area contributed by atoms with Crippen LogP contribution in [0.25, 0.3) is 0 Å². The van der Waals surface area contributed by atoms with Crippen molar-refractivity contribution in [3.05, 3.63) is 34.6 Å². The van der Waals surface area contributed by atoms with Crippen LogP contribution >= 0.6 is 11.6 Å². The van der Waals surface area contributed by atoms with Crippen LogP contribution in [0, 0.1) is 5.82 Å². The van der Waals surface area contributed by atoms with E-state index in [-0.39, 0.29) is 11.9 Å². The number of rotatable bonds is 6. The first-order valence-corrected chi connectivity index (χ1v) is 8.00. The lowest BCUT2D eigenvalue weighted by Gasteiger charge is -2.35. The van der Waals surface area contributed by atoms with E-state index in [9.17, 15) is 4.39 Å². The Labute approximate surface area is 126 Å². The maximum absolute atomic E-state index is 13.6. The zero-order valence-electron chi connectivity index (χ0n) is 12.2. The van der Waals surface area contributed by atoms with Crippen LogP contribution in [0.2, 0.25) is 5.02 Å². The molecule has 0 aliphatic carbocycles. The number of hydrogen-bond acceptors (Lipinski definition) is 2. The molecule has 4 heteroatoms. The maximum atomic E-state index is 13.6. The zero-order chi connectivity index (χ0) is 14.4. The summed E-state index contributed by atoms with van der Waals surface area (Å²) in [6.07, 6.45) is 4.63. The van der Waals surface area contributed by atoms with Crippen LogP contribution in [0.15, 0.2) is 18.2 Å². The van der Waals surface area contributed by atoms with Gasteiger partial charge in [-0.05, 0) is 30.2 Å². The lowest BCUT2D eigenvalue weighted by Crippen LogP contribution is -2.45. The van der Waals surface area contributed by atoms with Crippen molar-refractivity contribution < 1.29 is 4.39 Å². The summed E-state index contributed by atoms with van der Waals surface area (Å²) in [5, 5.41) is 4.05. The van der Waals surface area contributed by atoms with E-state index in [1.165, 1.54) is 18.9 Å². The van der Waals surface area contributed by atoms with E-state index < -0.39 is 0 Å². The van der Waals surface area contributed by atoms with Crippen molar-refractivity contribution in [1.82, 2.24) is 10.2 Å². The smallest absolute Gasteiger partial charge is 0.123 e. The van der Waals surface area contributed by atoms with Crippen LogP contribution in [0.3, 0.4) is 0 Å². The fourth-order valence-electron chi connectivity index (χ4n) is 2.89. The summed E-state index contributed by atoms with van der Waals surface area (Å²) in [7, 11) is 0. The molecule has 0 radical (unpaired) electrons. The molecule has 1 atom stereocenters. The Bertz CT molecular complexity index is 419. The van der Waals surface area contributed by atoms with E-state index in [2.05, 4.69) is 17.1 Å². The summed E-state index contributed by atoms with van der Waals surface area (Å²) < 4.78 is 13.6. The normalized spacial score (nSPS) is 18.1.